The Morgan fingerprint density at radius 1 is 0.477 bits per heavy atom. The van der Waals surface area contributed by atoms with Crippen molar-refractivity contribution < 1.29 is 42.9 Å². The Morgan fingerprint density at radius 2 is 0.795 bits per heavy atom. The van der Waals surface area contributed by atoms with Gasteiger partial charge in [0.15, 0.2) is 0 Å². The van der Waals surface area contributed by atoms with E-state index in [0.717, 1.165) is 16.7 Å². The maximum absolute atomic E-state index is 13.3. The Morgan fingerprint density at radius 3 is 1.16 bits per heavy atom. The summed E-state index contributed by atoms with van der Waals surface area (Å²) in [5.41, 5.74) is 3.11. The molecule has 1 saturated carbocycles. The average molecular weight is 621 g/mol. The van der Waals surface area contributed by atoms with E-state index in [4.69, 9.17) is 23.3 Å². The van der Waals surface area contributed by atoms with Gasteiger partial charge in [0, 0.05) is 0 Å². The molecule has 1 fully saturated rings. The van der Waals surface area contributed by atoms with Crippen LogP contribution in [0, 0.1) is 0 Å². The predicted molar refractivity (Wildman–Crippen MR) is 163 cm³/mol. The lowest BCUT2D eigenvalue weighted by Gasteiger charge is -2.46. The van der Waals surface area contributed by atoms with Crippen LogP contribution in [-0.4, -0.2) is 51.7 Å². The zero-order chi connectivity index (χ0) is 30.8. The first kappa shape index (κ1) is 32.2. The van der Waals surface area contributed by atoms with Crippen molar-refractivity contribution in [2.75, 3.05) is 0 Å². The van der Waals surface area contributed by atoms with Gasteiger partial charge in [0.2, 0.25) is 0 Å². The normalized spacial score (nSPS) is 24.9. The number of ether oxygens (including phenoxy) is 3. The molecule has 0 aliphatic heterocycles. The highest BCUT2D eigenvalue weighted by Crippen LogP contribution is 2.49. The summed E-state index contributed by atoms with van der Waals surface area (Å²) in [4.78, 5) is 10.8. The Bertz CT molecular complexity index is 1390. The Kier molecular flexibility index (Phi) is 11.5. The minimum atomic E-state index is -4.75. The lowest BCUT2D eigenvalue weighted by Crippen LogP contribution is -2.66. The molecule has 0 amide bonds. The second-order valence-corrected chi connectivity index (χ2v) is 12.0. The van der Waals surface area contributed by atoms with Crippen LogP contribution in [0.2, 0.25) is 0 Å². The minimum Gasteiger partial charge on any atom is -0.387 e. The molecule has 0 heterocycles. The van der Waals surface area contributed by atoms with E-state index in [1.807, 2.05) is 97.1 Å². The van der Waals surface area contributed by atoms with Gasteiger partial charge in [-0.1, -0.05) is 121 Å². The zero-order valence-electron chi connectivity index (χ0n) is 24.1. The van der Waals surface area contributed by atoms with Gasteiger partial charge in [-0.3, -0.25) is 9.05 Å². The molecule has 10 heteroatoms. The third-order valence-corrected chi connectivity index (χ3v) is 8.31. The first-order valence-corrected chi connectivity index (χ1v) is 15.9. The fourth-order valence-electron chi connectivity index (χ4n) is 5.07. The second-order valence-electron chi connectivity index (χ2n) is 10.6. The molecule has 9 nitrogen and oxygen atoms in total. The van der Waals surface area contributed by atoms with Gasteiger partial charge in [-0.2, -0.15) is 0 Å². The molecule has 3 unspecified atom stereocenters. The summed E-state index contributed by atoms with van der Waals surface area (Å²) in [5, 5.41) is 23.2. The van der Waals surface area contributed by atoms with Crippen molar-refractivity contribution in [3.05, 3.63) is 144 Å². The largest absolute Gasteiger partial charge is 0.472 e. The lowest BCUT2D eigenvalue weighted by molar-refractivity contribution is -0.258. The summed E-state index contributed by atoms with van der Waals surface area (Å²) in [6.45, 7) is 0.00679. The highest BCUT2D eigenvalue weighted by molar-refractivity contribution is 7.47. The molecule has 0 aromatic heterocycles. The third-order valence-electron chi connectivity index (χ3n) is 7.34. The molecule has 44 heavy (non-hydrogen) atoms. The molecule has 3 N–H and O–H groups in total. The number of aliphatic hydroxyl groups excluding tert-OH is 2. The molecule has 0 saturated heterocycles. The third kappa shape index (κ3) is 8.92. The number of rotatable bonds is 14. The van der Waals surface area contributed by atoms with E-state index in [2.05, 4.69) is 0 Å². The fraction of sp³-hybridized carbons (Fsp3) is 0.294. The molecule has 0 bridgehead atoms. The second kappa shape index (κ2) is 15.7. The first-order chi connectivity index (χ1) is 21.4. The maximum atomic E-state index is 13.3. The molecule has 1 aliphatic rings. The quantitative estimate of drug-likeness (QED) is 0.164. The van der Waals surface area contributed by atoms with Gasteiger partial charge in [-0.25, -0.2) is 4.57 Å². The van der Waals surface area contributed by atoms with Crippen LogP contribution in [0.5, 0.6) is 0 Å². The monoisotopic (exact) mass is 620 g/mol. The fourth-order valence-corrected chi connectivity index (χ4v) is 5.99. The van der Waals surface area contributed by atoms with Crippen LogP contribution in [-0.2, 0) is 54.3 Å². The van der Waals surface area contributed by atoms with Gasteiger partial charge < -0.3 is 29.3 Å². The van der Waals surface area contributed by atoms with Gasteiger partial charge in [0.05, 0.1) is 26.4 Å². The topological polar surface area (TPSA) is 124 Å². The zero-order valence-corrected chi connectivity index (χ0v) is 25.0. The number of hydrogen-bond acceptors (Lipinski definition) is 8. The Labute approximate surface area is 257 Å². The first-order valence-electron chi connectivity index (χ1n) is 14.4. The number of aliphatic hydroxyl groups is 2. The van der Waals surface area contributed by atoms with E-state index < -0.39 is 44.4 Å². The maximum Gasteiger partial charge on any atom is 0.472 e. The number of hydrogen-bond donors (Lipinski definition) is 3. The molecule has 0 spiro atoms. The number of phosphoric ester groups is 1. The SMILES string of the molecule is O=P(O)(OCc1ccccc1)OC1[C@H](OCc2ccccc2)[C@H](O)C(OCc2ccccc2)[C@H](O)[C@H]1OCc1ccccc1. The van der Waals surface area contributed by atoms with E-state index >= 15 is 0 Å². The number of phosphoric acid groups is 1. The van der Waals surface area contributed by atoms with Crippen molar-refractivity contribution in [2.45, 2.75) is 63.1 Å². The summed E-state index contributed by atoms with van der Waals surface area (Å²) >= 11 is 0. The molecule has 4 aromatic rings. The smallest absolute Gasteiger partial charge is 0.387 e. The van der Waals surface area contributed by atoms with E-state index in [1.54, 1.807) is 24.3 Å². The highest BCUT2D eigenvalue weighted by atomic mass is 31.2. The summed E-state index contributed by atoms with van der Waals surface area (Å²) in [6, 6.07) is 36.8. The summed E-state index contributed by atoms with van der Waals surface area (Å²) in [6.07, 6.45) is -7.95. The van der Waals surface area contributed by atoms with Crippen molar-refractivity contribution >= 4 is 7.82 Å². The van der Waals surface area contributed by atoms with E-state index in [1.165, 1.54) is 0 Å². The van der Waals surface area contributed by atoms with Crippen molar-refractivity contribution in [1.29, 1.82) is 0 Å². The summed E-state index contributed by atoms with van der Waals surface area (Å²) in [7, 11) is -4.75. The van der Waals surface area contributed by atoms with Crippen LogP contribution in [0.1, 0.15) is 22.3 Å². The van der Waals surface area contributed by atoms with Gasteiger partial charge in [0.25, 0.3) is 0 Å². The molecule has 7 atom stereocenters. The van der Waals surface area contributed by atoms with E-state index in [-0.39, 0.29) is 26.4 Å². The molecule has 1 aliphatic carbocycles. The van der Waals surface area contributed by atoms with E-state index in [0.29, 0.717) is 5.56 Å². The van der Waals surface area contributed by atoms with Gasteiger partial charge in [-0.15, -0.1) is 0 Å². The van der Waals surface area contributed by atoms with Gasteiger partial charge in [-0.05, 0) is 22.3 Å². The van der Waals surface area contributed by atoms with Crippen molar-refractivity contribution in [3.63, 3.8) is 0 Å². The van der Waals surface area contributed by atoms with Gasteiger partial charge in [0.1, 0.15) is 36.6 Å². The Balaban J connectivity index is 1.42. The van der Waals surface area contributed by atoms with Crippen LogP contribution in [0.25, 0.3) is 0 Å². The molecule has 0 radical (unpaired) electrons. The Hall–Kier alpha value is -3.21. The lowest BCUT2D eigenvalue weighted by atomic mass is 9.84. The minimum absolute atomic E-state index is 0.0515. The molecule has 5 rings (SSSR count). The van der Waals surface area contributed by atoms with Crippen LogP contribution < -0.4 is 0 Å². The molecule has 4 aromatic carbocycles. The van der Waals surface area contributed by atoms with Crippen LogP contribution in [0.15, 0.2) is 121 Å². The van der Waals surface area contributed by atoms with Crippen molar-refractivity contribution in [1.82, 2.24) is 0 Å². The van der Waals surface area contributed by atoms with Crippen LogP contribution >= 0.6 is 7.82 Å². The predicted octanol–water partition coefficient (Wildman–Crippen LogP) is 5.18. The number of benzene rings is 4. The van der Waals surface area contributed by atoms with Crippen molar-refractivity contribution in [2.24, 2.45) is 0 Å². The van der Waals surface area contributed by atoms with Gasteiger partial charge >= 0.3 is 7.82 Å². The summed E-state index contributed by atoms with van der Waals surface area (Å²) in [5.74, 6) is 0. The van der Waals surface area contributed by atoms with Crippen LogP contribution in [0.4, 0.5) is 0 Å². The van der Waals surface area contributed by atoms with E-state index in [9.17, 15) is 19.7 Å². The average Bonchev–Trinajstić information content (AvgIpc) is 3.05. The van der Waals surface area contributed by atoms with Crippen molar-refractivity contribution in [3.8, 4) is 0 Å². The van der Waals surface area contributed by atoms with Crippen LogP contribution in [0.3, 0.4) is 0 Å². The molecular weight excluding hydrogens is 583 g/mol. The highest BCUT2D eigenvalue weighted by Gasteiger charge is 2.54. The summed E-state index contributed by atoms with van der Waals surface area (Å²) < 4.78 is 42.8. The molecule has 232 valence electrons. The molecular formula is C34H37O9P. The standard InChI is InChI=1S/C34H37O9P/c35-29-31(39-21-25-13-5-1-6-14-25)30(36)33(41-23-27-17-9-3-10-18-27)34(32(29)40-22-26-15-7-2-8-16-26)43-44(37,38)42-24-28-19-11-4-12-20-28/h1-20,29-36H,21-24H2,(H,37,38)/t29-,30+,31?,32-,33-,34?/m1/s1.